The van der Waals surface area contributed by atoms with E-state index in [1.54, 1.807) is 17.9 Å². The number of fused-ring (bicyclic) bond motifs is 1. The van der Waals surface area contributed by atoms with E-state index in [-0.39, 0.29) is 36.4 Å². The molecule has 0 aromatic rings. The van der Waals surface area contributed by atoms with Gasteiger partial charge in [0.2, 0.25) is 11.8 Å². The number of morpholine rings is 1. The van der Waals surface area contributed by atoms with Crippen molar-refractivity contribution in [2.24, 2.45) is 11.8 Å². The Morgan fingerprint density at radius 1 is 1.34 bits per heavy atom. The number of rotatable bonds is 11. The van der Waals surface area contributed by atoms with Crippen molar-refractivity contribution in [3.63, 3.8) is 0 Å². The molecule has 4 rings (SSSR count). The first-order valence-corrected chi connectivity index (χ1v) is 13.4. The number of nitrogens with zero attached hydrogens (tertiary/aromatic N) is 3. The molecule has 0 aliphatic carbocycles. The fourth-order valence-corrected chi connectivity index (χ4v) is 7.05. The van der Waals surface area contributed by atoms with E-state index in [0.29, 0.717) is 45.7 Å². The van der Waals surface area contributed by atoms with Gasteiger partial charge in [0.25, 0.3) is 0 Å². The van der Waals surface area contributed by atoms with Gasteiger partial charge >= 0.3 is 5.97 Å². The Kier molecular flexibility index (Phi) is 8.53. The Balaban J connectivity index is 1.63. The van der Waals surface area contributed by atoms with Gasteiger partial charge in [-0.2, -0.15) is 0 Å². The van der Waals surface area contributed by atoms with Crippen molar-refractivity contribution < 1.29 is 33.7 Å². The summed E-state index contributed by atoms with van der Waals surface area (Å²) in [6.07, 6.45) is 1.93. The number of aliphatic hydroxyl groups excluding tert-OH is 1. The van der Waals surface area contributed by atoms with Gasteiger partial charge in [-0.1, -0.05) is 22.0 Å². The van der Waals surface area contributed by atoms with Crippen LogP contribution in [0.1, 0.15) is 19.8 Å². The highest BCUT2D eigenvalue weighted by molar-refractivity contribution is 9.09. The molecular formula is C24H36BrN3O7. The molecule has 2 amide bonds. The molecule has 2 bridgehead atoms. The second-order valence-electron chi connectivity index (χ2n) is 9.55. The van der Waals surface area contributed by atoms with Crippen LogP contribution in [0.25, 0.3) is 0 Å². The lowest BCUT2D eigenvalue weighted by molar-refractivity contribution is -0.154. The summed E-state index contributed by atoms with van der Waals surface area (Å²) in [5.41, 5.74) is -1.11. The highest BCUT2D eigenvalue weighted by Crippen LogP contribution is 2.60. The number of hydrogen-bond donors (Lipinski definition) is 1. The quantitative estimate of drug-likeness (QED) is 0.215. The SMILES string of the molecule is C=CCN(CCN1CCOCC1)C(=O)[C@@H]1N(CCCO)C(=O)[C@H]2[C@H](C(=O)OCC)[C@H]3O[C@@]12CC3Br. The molecule has 4 aliphatic rings. The molecule has 4 heterocycles. The van der Waals surface area contributed by atoms with Gasteiger partial charge in [0, 0.05) is 50.7 Å². The summed E-state index contributed by atoms with van der Waals surface area (Å²) < 4.78 is 17.2. The fourth-order valence-electron chi connectivity index (χ4n) is 6.11. The van der Waals surface area contributed by atoms with Crippen LogP contribution in [0.5, 0.6) is 0 Å². The van der Waals surface area contributed by atoms with Crippen LogP contribution in [0.4, 0.5) is 0 Å². The van der Waals surface area contributed by atoms with E-state index in [4.69, 9.17) is 14.2 Å². The van der Waals surface area contributed by atoms with E-state index in [1.165, 1.54) is 4.90 Å². The molecule has 0 aromatic carbocycles. The zero-order chi connectivity index (χ0) is 25.2. The maximum absolute atomic E-state index is 14.1. The van der Waals surface area contributed by atoms with E-state index in [2.05, 4.69) is 27.4 Å². The van der Waals surface area contributed by atoms with Gasteiger partial charge in [0.05, 0.1) is 37.8 Å². The van der Waals surface area contributed by atoms with Crippen molar-refractivity contribution in [2.75, 3.05) is 65.7 Å². The van der Waals surface area contributed by atoms with Crippen LogP contribution in [0.3, 0.4) is 0 Å². The minimum Gasteiger partial charge on any atom is -0.466 e. The Hall–Kier alpha value is -1.53. The summed E-state index contributed by atoms with van der Waals surface area (Å²) in [7, 11) is 0. The third-order valence-electron chi connectivity index (χ3n) is 7.59. The molecule has 11 heteroatoms. The number of esters is 1. The zero-order valence-corrected chi connectivity index (χ0v) is 21.9. The number of amides is 2. The van der Waals surface area contributed by atoms with Crippen molar-refractivity contribution in [2.45, 2.75) is 42.3 Å². The molecule has 1 spiro atoms. The molecule has 1 unspecified atom stereocenters. The lowest BCUT2D eigenvalue weighted by Crippen LogP contribution is -2.57. The Labute approximate surface area is 214 Å². The average Bonchev–Trinajstić information content (AvgIpc) is 3.44. The number of halogens is 1. The minimum atomic E-state index is -1.11. The zero-order valence-electron chi connectivity index (χ0n) is 20.3. The molecule has 196 valence electrons. The van der Waals surface area contributed by atoms with Crippen LogP contribution < -0.4 is 0 Å². The van der Waals surface area contributed by atoms with Gasteiger partial charge in [0.15, 0.2) is 0 Å². The number of carbonyl (C=O) groups is 3. The number of alkyl halides is 1. The molecule has 0 radical (unpaired) electrons. The first-order chi connectivity index (χ1) is 16.9. The van der Waals surface area contributed by atoms with Crippen molar-refractivity contribution in [3.05, 3.63) is 12.7 Å². The molecule has 10 nitrogen and oxygen atoms in total. The number of aliphatic hydroxyl groups is 1. The van der Waals surface area contributed by atoms with Crippen LogP contribution in [0.15, 0.2) is 12.7 Å². The predicted molar refractivity (Wildman–Crippen MR) is 130 cm³/mol. The van der Waals surface area contributed by atoms with E-state index in [1.807, 2.05) is 0 Å². The van der Waals surface area contributed by atoms with Crippen molar-refractivity contribution in [3.8, 4) is 0 Å². The van der Waals surface area contributed by atoms with Gasteiger partial charge in [0.1, 0.15) is 11.6 Å². The molecule has 0 saturated carbocycles. The maximum atomic E-state index is 14.1. The normalized spacial score (nSPS) is 34.2. The molecule has 4 saturated heterocycles. The topological polar surface area (TPSA) is 109 Å². The van der Waals surface area contributed by atoms with Crippen molar-refractivity contribution in [1.82, 2.24) is 14.7 Å². The summed E-state index contributed by atoms with van der Waals surface area (Å²) in [5.74, 6) is -2.50. The predicted octanol–water partition coefficient (Wildman–Crippen LogP) is 0.0267. The number of carbonyl (C=O) groups excluding carboxylic acids is 3. The first kappa shape index (κ1) is 26.5. The summed E-state index contributed by atoms with van der Waals surface area (Å²) in [5, 5.41) is 9.47. The fraction of sp³-hybridized carbons (Fsp3) is 0.792. The molecule has 6 atom stereocenters. The smallest absolute Gasteiger partial charge is 0.312 e. The van der Waals surface area contributed by atoms with E-state index in [9.17, 15) is 19.5 Å². The third kappa shape index (κ3) is 4.77. The Bertz CT molecular complexity index is 823. The maximum Gasteiger partial charge on any atom is 0.312 e. The van der Waals surface area contributed by atoms with Gasteiger partial charge < -0.3 is 29.1 Å². The molecule has 35 heavy (non-hydrogen) atoms. The molecule has 0 aromatic heterocycles. The molecule has 4 aliphatic heterocycles. The number of ether oxygens (including phenoxy) is 3. The summed E-state index contributed by atoms with van der Waals surface area (Å²) in [4.78, 5) is 46.1. The summed E-state index contributed by atoms with van der Waals surface area (Å²) in [6, 6.07) is -0.874. The van der Waals surface area contributed by atoms with Gasteiger partial charge in [-0.25, -0.2) is 0 Å². The highest BCUT2D eigenvalue weighted by Gasteiger charge is 2.77. The van der Waals surface area contributed by atoms with Crippen LogP contribution in [-0.4, -0.2) is 126 Å². The van der Waals surface area contributed by atoms with Crippen LogP contribution in [0.2, 0.25) is 0 Å². The molecule has 4 fully saturated rings. The second kappa shape index (κ2) is 11.2. The lowest BCUT2D eigenvalue weighted by Gasteiger charge is -2.37. The third-order valence-corrected chi connectivity index (χ3v) is 8.43. The monoisotopic (exact) mass is 557 g/mol. The largest absolute Gasteiger partial charge is 0.466 e. The number of hydrogen-bond acceptors (Lipinski definition) is 8. The Morgan fingerprint density at radius 3 is 2.74 bits per heavy atom. The minimum absolute atomic E-state index is 0.110. The van der Waals surface area contributed by atoms with E-state index in [0.717, 1.165) is 13.1 Å². The number of likely N-dealkylation sites (tertiary alicyclic amines) is 1. The summed E-state index contributed by atoms with van der Waals surface area (Å²) >= 11 is 3.64. The summed E-state index contributed by atoms with van der Waals surface area (Å²) in [6.45, 7) is 10.3. The first-order valence-electron chi connectivity index (χ1n) is 12.5. The average molecular weight is 558 g/mol. The van der Waals surface area contributed by atoms with E-state index >= 15 is 0 Å². The second-order valence-corrected chi connectivity index (χ2v) is 10.7. The molecular weight excluding hydrogens is 522 g/mol. The highest BCUT2D eigenvalue weighted by atomic mass is 79.9. The Morgan fingerprint density at radius 2 is 2.09 bits per heavy atom. The van der Waals surface area contributed by atoms with Crippen LogP contribution >= 0.6 is 15.9 Å². The van der Waals surface area contributed by atoms with Gasteiger partial charge in [-0.3, -0.25) is 19.3 Å². The van der Waals surface area contributed by atoms with Crippen molar-refractivity contribution in [1.29, 1.82) is 0 Å². The lowest BCUT2D eigenvalue weighted by atomic mass is 9.70. The van der Waals surface area contributed by atoms with Crippen LogP contribution in [0, 0.1) is 11.8 Å². The standard InChI is InChI=1S/C24H36BrN3O7/c1-3-6-27(9-8-26-10-13-33-14-11-26)22(31)20-24-15-16(25)19(35-24)17(23(32)34-4-2)18(24)21(30)28(20)7-5-12-29/h3,16-20,29H,1,4-15H2,2H3/t16?,17-,18+,19-,20-,24+/m0/s1. The van der Waals surface area contributed by atoms with Crippen LogP contribution in [-0.2, 0) is 28.6 Å². The van der Waals surface area contributed by atoms with E-state index < -0.39 is 35.6 Å². The molecule has 1 N–H and O–H groups in total. The van der Waals surface area contributed by atoms with Gasteiger partial charge in [-0.05, 0) is 19.8 Å². The van der Waals surface area contributed by atoms with Crippen molar-refractivity contribution >= 4 is 33.7 Å². The van der Waals surface area contributed by atoms with Gasteiger partial charge in [-0.15, -0.1) is 6.58 Å².